The Morgan fingerprint density at radius 3 is 3.06 bits per heavy atom. The molecule has 18 heavy (non-hydrogen) atoms. The van der Waals surface area contributed by atoms with E-state index in [1.54, 1.807) is 12.4 Å². The lowest BCUT2D eigenvalue weighted by molar-refractivity contribution is -0.122. The van der Waals surface area contributed by atoms with Crippen LogP contribution in [-0.4, -0.2) is 48.1 Å². The van der Waals surface area contributed by atoms with Crippen LogP contribution in [0.15, 0.2) is 12.4 Å². The maximum absolute atomic E-state index is 12.1. The monoisotopic (exact) mass is 249 g/mol. The van der Waals surface area contributed by atoms with Crippen LogP contribution in [0.4, 0.5) is 5.82 Å². The van der Waals surface area contributed by atoms with Gasteiger partial charge in [0.25, 0.3) is 0 Å². The molecule has 6 heteroatoms. The fraction of sp³-hybridized carbons (Fsp3) is 0.583. The Morgan fingerprint density at radius 2 is 2.33 bits per heavy atom. The Bertz CT molecular complexity index is 423. The molecular formula is C12H19N5O. The van der Waals surface area contributed by atoms with Gasteiger partial charge in [0, 0.05) is 38.6 Å². The van der Waals surface area contributed by atoms with Gasteiger partial charge in [0.05, 0.1) is 5.69 Å². The van der Waals surface area contributed by atoms with Crippen molar-refractivity contribution in [2.75, 3.05) is 31.1 Å². The SMILES string of the molecule is CCNC(=O)C1CNCCN1c1nccnc1C. The lowest BCUT2D eigenvalue weighted by Gasteiger charge is -2.36. The smallest absolute Gasteiger partial charge is 0.244 e. The molecule has 0 aromatic carbocycles. The molecule has 98 valence electrons. The number of carbonyl (C=O) groups is 1. The maximum Gasteiger partial charge on any atom is 0.244 e. The van der Waals surface area contributed by atoms with Crippen molar-refractivity contribution in [3.8, 4) is 0 Å². The van der Waals surface area contributed by atoms with Gasteiger partial charge in [-0.2, -0.15) is 0 Å². The largest absolute Gasteiger partial charge is 0.355 e. The van der Waals surface area contributed by atoms with Crippen molar-refractivity contribution in [2.24, 2.45) is 0 Å². The number of nitrogens with one attached hydrogen (secondary N) is 2. The number of anilines is 1. The molecule has 1 aliphatic rings. The number of likely N-dealkylation sites (N-methyl/N-ethyl adjacent to an activating group) is 1. The van der Waals surface area contributed by atoms with Crippen molar-refractivity contribution in [1.82, 2.24) is 20.6 Å². The second kappa shape index (κ2) is 5.77. The van der Waals surface area contributed by atoms with Crippen LogP contribution in [0.25, 0.3) is 0 Å². The molecule has 1 fully saturated rings. The summed E-state index contributed by atoms with van der Waals surface area (Å²) in [4.78, 5) is 22.7. The number of piperazine rings is 1. The first-order valence-electron chi connectivity index (χ1n) is 6.26. The Labute approximate surface area is 107 Å². The van der Waals surface area contributed by atoms with Gasteiger partial charge in [-0.3, -0.25) is 9.78 Å². The third-order valence-electron chi connectivity index (χ3n) is 3.02. The number of rotatable bonds is 3. The second-order valence-corrected chi connectivity index (χ2v) is 4.27. The lowest BCUT2D eigenvalue weighted by atomic mass is 10.1. The molecule has 0 saturated carbocycles. The third kappa shape index (κ3) is 2.59. The van der Waals surface area contributed by atoms with E-state index in [2.05, 4.69) is 20.6 Å². The Hall–Kier alpha value is -1.69. The van der Waals surface area contributed by atoms with Crippen LogP contribution in [0.2, 0.25) is 0 Å². The predicted octanol–water partition coefficient (Wildman–Crippen LogP) is -0.301. The highest BCUT2D eigenvalue weighted by Crippen LogP contribution is 2.18. The molecule has 1 amide bonds. The van der Waals surface area contributed by atoms with Gasteiger partial charge in [0.2, 0.25) is 5.91 Å². The van der Waals surface area contributed by atoms with E-state index in [1.807, 2.05) is 18.7 Å². The summed E-state index contributed by atoms with van der Waals surface area (Å²) in [7, 11) is 0. The van der Waals surface area contributed by atoms with Crippen LogP contribution >= 0.6 is 0 Å². The molecule has 2 heterocycles. The van der Waals surface area contributed by atoms with Gasteiger partial charge in [0.15, 0.2) is 5.82 Å². The molecule has 1 aromatic rings. The fourth-order valence-corrected chi connectivity index (χ4v) is 2.17. The Morgan fingerprint density at radius 1 is 1.56 bits per heavy atom. The highest BCUT2D eigenvalue weighted by atomic mass is 16.2. The molecule has 0 bridgehead atoms. The van der Waals surface area contributed by atoms with Gasteiger partial charge in [-0.15, -0.1) is 0 Å². The summed E-state index contributed by atoms with van der Waals surface area (Å²) in [6.45, 7) is 6.74. The van der Waals surface area contributed by atoms with Crippen molar-refractivity contribution in [2.45, 2.75) is 19.9 Å². The predicted molar refractivity (Wildman–Crippen MR) is 69.5 cm³/mol. The summed E-state index contributed by atoms with van der Waals surface area (Å²) in [6, 6.07) is -0.214. The van der Waals surface area contributed by atoms with E-state index in [0.717, 1.165) is 24.6 Å². The van der Waals surface area contributed by atoms with Crippen LogP contribution in [-0.2, 0) is 4.79 Å². The first kappa shape index (κ1) is 12.8. The number of aromatic nitrogens is 2. The first-order chi connectivity index (χ1) is 8.74. The minimum Gasteiger partial charge on any atom is -0.355 e. The molecule has 1 saturated heterocycles. The number of hydrogen-bond donors (Lipinski definition) is 2. The molecule has 2 rings (SSSR count). The second-order valence-electron chi connectivity index (χ2n) is 4.27. The third-order valence-corrected chi connectivity index (χ3v) is 3.02. The van der Waals surface area contributed by atoms with E-state index in [9.17, 15) is 4.79 Å². The molecule has 1 aliphatic heterocycles. The zero-order chi connectivity index (χ0) is 13.0. The average Bonchev–Trinajstić information content (AvgIpc) is 2.40. The van der Waals surface area contributed by atoms with Gasteiger partial charge in [-0.25, -0.2) is 4.98 Å². The van der Waals surface area contributed by atoms with Crippen LogP contribution in [0.5, 0.6) is 0 Å². The maximum atomic E-state index is 12.1. The summed E-state index contributed by atoms with van der Waals surface area (Å²) in [5.41, 5.74) is 0.855. The van der Waals surface area contributed by atoms with E-state index < -0.39 is 0 Å². The van der Waals surface area contributed by atoms with Crippen molar-refractivity contribution in [3.05, 3.63) is 18.1 Å². The van der Waals surface area contributed by atoms with E-state index in [1.165, 1.54) is 0 Å². The molecule has 6 nitrogen and oxygen atoms in total. The fourth-order valence-electron chi connectivity index (χ4n) is 2.17. The Balaban J connectivity index is 2.23. The quantitative estimate of drug-likeness (QED) is 0.769. The molecular weight excluding hydrogens is 230 g/mol. The van der Waals surface area contributed by atoms with Crippen LogP contribution in [0.3, 0.4) is 0 Å². The number of hydrogen-bond acceptors (Lipinski definition) is 5. The van der Waals surface area contributed by atoms with Gasteiger partial charge < -0.3 is 15.5 Å². The molecule has 0 aliphatic carbocycles. The minimum atomic E-state index is -0.214. The summed E-state index contributed by atoms with van der Waals surface area (Å²) >= 11 is 0. The summed E-state index contributed by atoms with van der Waals surface area (Å²) in [5.74, 6) is 0.838. The Kier molecular flexibility index (Phi) is 4.09. The molecule has 1 aromatic heterocycles. The highest BCUT2D eigenvalue weighted by molar-refractivity contribution is 5.85. The van der Waals surface area contributed by atoms with Crippen molar-refractivity contribution < 1.29 is 4.79 Å². The van der Waals surface area contributed by atoms with Crippen LogP contribution in [0.1, 0.15) is 12.6 Å². The van der Waals surface area contributed by atoms with Gasteiger partial charge in [0.1, 0.15) is 6.04 Å². The van der Waals surface area contributed by atoms with E-state index in [0.29, 0.717) is 13.1 Å². The minimum absolute atomic E-state index is 0.0368. The number of aryl methyl sites for hydroxylation is 1. The van der Waals surface area contributed by atoms with Crippen LogP contribution in [0, 0.1) is 6.92 Å². The van der Waals surface area contributed by atoms with Crippen molar-refractivity contribution in [3.63, 3.8) is 0 Å². The zero-order valence-electron chi connectivity index (χ0n) is 10.8. The molecule has 1 atom stereocenters. The normalized spacial score (nSPS) is 19.7. The summed E-state index contributed by atoms with van der Waals surface area (Å²) < 4.78 is 0. The van der Waals surface area contributed by atoms with Gasteiger partial charge in [-0.05, 0) is 13.8 Å². The summed E-state index contributed by atoms with van der Waals surface area (Å²) in [5, 5.41) is 6.11. The van der Waals surface area contributed by atoms with Crippen molar-refractivity contribution >= 4 is 11.7 Å². The van der Waals surface area contributed by atoms with Crippen molar-refractivity contribution in [1.29, 1.82) is 0 Å². The molecule has 1 unspecified atom stereocenters. The first-order valence-corrected chi connectivity index (χ1v) is 6.26. The van der Waals surface area contributed by atoms with Crippen LogP contribution < -0.4 is 15.5 Å². The molecule has 0 radical (unpaired) electrons. The summed E-state index contributed by atoms with van der Waals surface area (Å²) in [6.07, 6.45) is 3.33. The standard InChI is InChI=1S/C12H19N5O/c1-3-14-12(18)10-8-13-6-7-17(10)11-9(2)15-4-5-16-11/h4-5,10,13H,3,6-8H2,1-2H3,(H,14,18). The lowest BCUT2D eigenvalue weighted by Crippen LogP contribution is -2.58. The highest BCUT2D eigenvalue weighted by Gasteiger charge is 2.30. The topological polar surface area (TPSA) is 70.2 Å². The number of amides is 1. The zero-order valence-corrected chi connectivity index (χ0v) is 10.8. The van der Waals surface area contributed by atoms with Gasteiger partial charge >= 0.3 is 0 Å². The molecule has 0 spiro atoms. The number of carbonyl (C=O) groups excluding carboxylic acids is 1. The number of nitrogens with zero attached hydrogens (tertiary/aromatic N) is 3. The van der Waals surface area contributed by atoms with E-state index in [-0.39, 0.29) is 11.9 Å². The average molecular weight is 249 g/mol. The van der Waals surface area contributed by atoms with E-state index >= 15 is 0 Å². The van der Waals surface area contributed by atoms with E-state index in [4.69, 9.17) is 0 Å². The molecule has 2 N–H and O–H groups in total. The van der Waals surface area contributed by atoms with Gasteiger partial charge in [-0.1, -0.05) is 0 Å².